The molecule has 2 amide bonds. The van der Waals surface area contributed by atoms with Gasteiger partial charge in [-0.2, -0.15) is 9.97 Å². The van der Waals surface area contributed by atoms with Crippen LogP contribution in [0.4, 0.5) is 5.95 Å². The Morgan fingerprint density at radius 2 is 2.10 bits per heavy atom. The number of ether oxygens (including phenoxy) is 3. The molecule has 2 aromatic rings. The van der Waals surface area contributed by atoms with Crippen LogP contribution in [0.1, 0.15) is 40.3 Å². The summed E-state index contributed by atoms with van der Waals surface area (Å²) >= 11 is 0.724. The molecule has 2 unspecified atom stereocenters. The number of carbonyl (C=O) groups excluding carboxylic acids is 3. The molecule has 6 N–H and O–H groups in total. The number of nitrogens with one attached hydrogen (secondary N) is 2. The first-order valence-electron chi connectivity index (χ1n) is 13.0. The molecule has 2 aliphatic rings. The lowest BCUT2D eigenvalue weighted by Crippen LogP contribution is -2.44. The molecule has 0 saturated carbocycles. The summed E-state index contributed by atoms with van der Waals surface area (Å²) in [5, 5.41) is 27.1. The minimum Gasteiger partial charge on any atom is -0.479 e. The van der Waals surface area contributed by atoms with Crippen LogP contribution in [0.15, 0.2) is 6.33 Å². The average molecular weight is 632 g/mol. The number of imidazole rings is 1. The highest BCUT2D eigenvalue weighted by molar-refractivity contribution is 8.56. The van der Waals surface area contributed by atoms with Gasteiger partial charge in [-0.15, -0.1) is 0 Å². The minimum absolute atomic E-state index is 0.0633. The highest BCUT2D eigenvalue weighted by atomic mass is 32.7. The zero-order valence-corrected chi connectivity index (χ0v) is 25.3. The molecule has 19 heteroatoms. The molecule has 232 valence electrons. The van der Waals surface area contributed by atoms with Gasteiger partial charge in [0.05, 0.1) is 32.1 Å². The maximum absolute atomic E-state index is 13.9. The van der Waals surface area contributed by atoms with Crippen molar-refractivity contribution < 1.29 is 47.9 Å². The van der Waals surface area contributed by atoms with Crippen LogP contribution in [-0.4, -0.2) is 96.9 Å². The number of fused-ring (bicyclic) bond motifs is 1. The molecule has 7 atom stereocenters. The zero-order valence-electron chi connectivity index (χ0n) is 23.5. The fourth-order valence-electron chi connectivity index (χ4n) is 4.44. The topological polar surface area (TPSA) is 239 Å². The molecule has 2 aliphatic heterocycles. The Morgan fingerprint density at radius 1 is 1.38 bits per heavy atom. The lowest BCUT2D eigenvalue weighted by Gasteiger charge is -2.27. The van der Waals surface area contributed by atoms with Gasteiger partial charge in [0.2, 0.25) is 23.6 Å². The van der Waals surface area contributed by atoms with Crippen LogP contribution in [0, 0.1) is 5.92 Å². The van der Waals surface area contributed by atoms with Crippen LogP contribution in [-0.2, 0) is 32.9 Å². The van der Waals surface area contributed by atoms with Gasteiger partial charge in [0.25, 0.3) is 0 Å². The second-order valence-electron chi connectivity index (χ2n) is 10.4. The number of amides is 2. The van der Waals surface area contributed by atoms with E-state index in [2.05, 4.69) is 25.4 Å². The predicted molar refractivity (Wildman–Crippen MR) is 148 cm³/mol. The van der Waals surface area contributed by atoms with Crippen LogP contribution in [0.5, 0.6) is 5.88 Å². The highest BCUT2D eigenvalue weighted by Gasteiger charge is 2.54. The first-order valence-corrected chi connectivity index (χ1v) is 16.2. The van der Waals surface area contributed by atoms with E-state index in [4.69, 9.17) is 24.5 Å². The van der Waals surface area contributed by atoms with E-state index in [0.29, 0.717) is 0 Å². The van der Waals surface area contributed by atoms with Crippen LogP contribution < -0.4 is 20.9 Å². The van der Waals surface area contributed by atoms with Crippen molar-refractivity contribution in [2.24, 2.45) is 5.92 Å². The number of methoxy groups -OCH3 is 1. The summed E-state index contributed by atoms with van der Waals surface area (Å²) in [6.45, 7) is 1.59. The van der Waals surface area contributed by atoms with Gasteiger partial charge in [0.15, 0.2) is 17.4 Å². The first kappa shape index (κ1) is 32.1. The number of imide groups is 1. The number of nitrogens with two attached hydrogens (primary N) is 1. The Kier molecular flexibility index (Phi) is 9.46. The Morgan fingerprint density at radius 3 is 2.71 bits per heavy atom. The first-order chi connectivity index (χ1) is 19.6. The predicted octanol–water partition coefficient (Wildman–Crippen LogP) is -0.123. The number of rotatable bonds is 12. The number of nitrogen functional groups attached to an aromatic ring is 1. The lowest BCUT2D eigenvalue weighted by atomic mass is 9.96. The van der Waals surface area contributed by atoms with Gasteiger partial charge < -0.3 is 34.7 Å². The molecular formula is C23H34N7O10PS. The second-order valence-corrected chi connectivity index (χ2v) is 14.7. The molecule has 0 radical (unpaired) electrons. The lowest BCUT2D eigenvalue weighted by molar-refractivity contribution is -0.149. The molecule has 2 aromatic heterocycles. The fourth-order valence-corrected chi connectivity index (χ4v) is 8.46. The molecule has 2 fully saturated rings. The van der Waals surface area contributed by atoms with Gasteiger partial charge in [-0.05, 0) is 27.7 Å². The molecule has 0 spiro atoms. The Hall–Kier alpha value is -2.86. The summed E-state index contributed by atoms with van der Waals surface area (Å²) in [6, 6.07) is -1.08. The quantitative estimate of drug-likeness (QED) is 0.116. The number of aliphatic hydroxyl groups is 2. The van der Waals surface area contributed by atoms with E-state index >= 15 is 0 Å². The standard InChI is InChI=1S/C23H34N7O10PS/c1-10(2)39-20(34)11(3)29-41(36,42-8-12-6-14(31)26-18(12)33)38-7-13-16(32)23(4,35)21(40-13)30-9-25-15-17(30)27-22(24)28-19(15)37-5/h9-13,16,21,32,35H,6-8H2,1-5H3,(H,29,36)(H2,24,27,28)(H,26,31,33)/t11-,12?,13-,16-,21?,23-,41-/m1/s1. The number of nitrogens with zero attached hydrogens (tertiary/aromatic N) is 4. The van der Waals surface area contributed by atoms with E-state index in [0.717, 1.165) is 11.4 Å². The Balaban J connectivity index is 1.53. The molecule has 0 aliphatic carbocycles. The summed E-state index contributed by atoms with van der Waals surface area (Å²) < 4.78 is 37.3. The minimum atomic E-state index is -4.00. The van der Waals surface area contributed by atoms with Crippen LogP contribution in [0.2, 0.25) is 0 Å². The van der Waals surface area contributed by atoms with E-state index in [-0.39, 0.29) is 35.2 Å². The number of esters is 1. The van der Waals surface area contributed by atoms with Crippen molar-refractivity contribution in [2.75, 3.05) is 25.2 Å². The monoisotopic (exact) mass is 631 g/mol. The second kappa shape index (κ2) is 12.4. The largest absolute Gasteiger partial charge is 0.479 e. The van der Waals surface area contributed by atoms with Gasteiger partial charge in [-0.3, -0.25) is 28.8 Å². The van der Waals surface area contributed by atoms with E-state index in [9.17, 15) is 29.2 Å². The summed E-state index contributed by atoms with van der Waals surface area (Å²) in [4.78, 5) is 48.4. The van der Waals surface area contributed by atoms with Gasteiger partial charge in [0, 0.05) is 12.2 Å². The number of anilines is 1. The van der Waals surface area contributed by atoms with E-state index in [1.807, 2.05) is 0 Å². The van der Waals surface area contributed by atoms with Crippen LogP contribution in [0.3, 0.4) is 0 Å². The normalized spacial score (nSPS) is 28.2. The molecule has 4 heterocycles. The third-order valence-corrected chi connectivity index (χ3v) is 10.8. The maximum Gasteiger partial charge on any atom is 0.327 e. The molecule has 0 bridgehead atoms. The third-order valence-electron chi connectivity index (χ3n) is 6.58. The molecular weight excluding hydrogens is 597 g/mol. The molecule has 17 nitrogen and oxygen atoms in total. The van der Waals surface area contributed by atoms with E-state index in [1.54, 1.807) is 13.8 Å². The van der Waals surface area contributed by atoms with E-state index < -0.39 is 73.2 Å². The fraction of sp³-hybridized carbons (Fsp3) is 0.652. The van der Waals surface area contributed by atoms with Gasteiger partial charge >= 0.3 is 12.7 Å². The summed E-state index contributed by atoms with van der Waals surface area (Å²) in [6.07, 6.45) is -3.19. The maximum atomic E-state index is 13.9. The number of aromatic nitrogens is 4. The van der Waals surface area contributed by atoms with Gasteiger partial charge in [-0.1, -0.05) is 11.4 Å². The van der Waals surface area contributed by atoms with E-state index in [1.165, 1.54) is 31.9 Å². The molecule has 42 heavy (non-hydrogen) atoms. The number of hydrogen-bond donors (Lipinski definition) is 5. The van der Waals surface area contributed by atoms with Crippen molar-refractivity contribution in [3.63, 3.8) is 0 Å². The highest BCUT2D eigenvalue weighted by Crippen LogP contribution is 2.58. The Bertz CT molecular complexity index is 1410. The smallest absolute Gasteiger partial charge is 0.327 e. The average Bonchev–Trinajstić information content (AvgIpc) is 3.53. The number of carbonyl (C=O) groups is 3. The van der Waals surface area contributed by atoms with Crippen molar-refractivity contribution in [3.05, 3.63) is 6.33 Å². The SMILES string of the molecule is COc1nc(N)nc2c1ncn2C1O[C@H](CO[P@](=O)(N[C@H](C)C(=O)OC(C)C)SCC2CC(=O)NC2=O)[C@@H](O)[C@@]1(C)O. The van der Waals surface area contributed by atoms with Gasteiger partial charge in [0.1, 0.15) is 23.9 Å². The Labute approximate surface area is 244 Å². The van der Waals surface area contributed by atoms with Gasteiger partial charge in [-0.25, -0.2) is 10.1 Å². The third kappa shape index (κ3) is 6.69. The van der Waals surface area contributed by atoms with Crippen molar-refractivity contribution >= 4 is 53.0 Å². The molecule has 0 aromatic carbocycles. The summed E-state index contributed by atoms with van der Waals surface area (Å²) in [7, 11) is 1.38. The van der Waals surface area contributed by atoms with Crippen molar-refractivity contribution in [3.8, 4) is 5.88 Å². The number of aliphatic hydroxyl groups excluding tert-OH is 1. The number of hydrogen-bond acceptors (Lipinski definition) is 15. The van der Waals surface area contributed by atoms with Crippen molar-refractivity contribution in [2.45, 2.75) is 70.3 Å². The van der Waals surface area contributed by atoms with Crippen molar-refractivity contribution in [1.82, 2.24) is 29.9 Å². The van der Waals surface area contributed by atoms with Crippen LogP contribution in [0.25, 0.3) is 11.2 Å². The zero-order chi connectivity index (χ0) is 31.0. The molecule has 2 saturated heterocycles. The summed E-state index contributed by atoms with van der Waals surface area (Å²) in [5.41, 5.74) is 4.29. The summed E-state index contributed by atoms with van der Waals surface area (Å²) in [5.74, 6) is -2.48. The van der Waals surface area contributed by atoms with Crippen molar-refractivity contribution in [1.29, 1.82) is 0 Å². The molecule has 4 rings (SSSR count). The van der Waals surface area contributed by atoms with Crippen LogP contribution >= 0.6 is 18.1 Å².